The van der Waals surface area contributed by atoms with Crippen LogP contribution in [0.1, 0.15) is 13.3 Å². The average molecular weight is 217 g/mol. The van der Waals surface area contributed by atoms with Crippen molar-refractivity contribution < 1.29 is 17.4 Å². The first-order chi connectivity index (χ1) is 5.81. The van der Waals surface area contributed by atoms with E-state index in [1.807, 2.05) is 0 Å². The topological polar surface area (TPSA) is 29.1 Å². The second kappa shape index (κ2) is 5.59. The molecule has 0 saturated carbocycles. The van der Waals surface area contributed by atoms with Crippen LogP contribution in [-0.2, 0) is 10.8 Å². The van der Waals surface area contributed by atoms with E-state index in [0.717, 1.165) is 0 Å². The molecule has 0 aromatic rings. The fraction of sp³-hybridized carbons (Fsp3) is 1.00. The lowest BCUT2D eigenvalue weighted by Gasteiger charge is -2.14. The Hall–Kier alpha value is -0.100. The predicted octanol–water partition coefficient (Wildman–Crippen LogP) is 1.30. The Kier molecular flexibility index (Phi) is 5.55. The highest BCUT2D eigenvalue weighted by Gasteiger charge is 2.29. The maximum atomic E-state index is 11.8. The Labute approximate surface area is 78.3 Å². The number of hydrogen-bond donors (Lipinski definition) is 1. The van der Waals surface area contributed by atoms with Crippen LogP contribution in [0.5, 0.6) is 0 Å². The summed E-state index contributed by atoms with van der Waals surface area (Å²) in [6.07, 6.45) is -3.45. The maximum absolute atomic E-state index is 11.8. The summed E-state index contributed by atoms with van der Waals surface area (Å²) in [5.41, 5.74) is 0. The Morgan fingerprint density at radius 1 is 1.46 bits per heavy atom. The van der Waals surface area contributed by atoms with Crippen LogP contribution in [0.4, 0.5) is 13.2 Å². The van der Waals surface area contributed by atoms with E-state index >= 15 is 0 Å². The van der Waals surface area contributed by atoms with E-state index in [9.17, 15) is 17.4 Å². The van der Waals surface area contributed by atoms with E-state index in [1.54, 1.807) is 0 Å². The standard InChI is InChI=1S/C7H14F3NOS/c1-6(5-7(8,9)10)11-3-4-13(2)12/h6,11H,3-5H2,1-2H3. The molecule has 0 amide bonds. The number of hydrogen-bond acceptors (Lipinski definition) is 2. The fourth-order valence-corrected chi connectivity index (χ4v) is 1.27. The molecule has 0 bridgehead atoms. The van der Waals surface area contributed by atoms with Gasteiger partial charge in [-0.15, -0.1) is 0 Å². The summed E-state index contributed by atoms with van der Waals surface area (Å²) in [5, 5.41) is 2.66. The molecule has 2 nitrogen and oxygen atoms in total. The first kappa shape index (κ1) is 12.9. The lowest BCUT2D eigenvalue weighted by atomic mass is 10.2. The Morgan fingerprint density at radius 3 is 2.38 bits per heavy atom. The highest BCUT2D eigenvalue weighted by atomic mass is 32.2. The summed E-state index contributed by atoms with van der Waals surface area (Å²) in [5.74, 6) is 0.391. The van der Waals surface area contributed by atoms with E-state index in [4.69, 9.17) is 0 Å². The molecule has 0 aliphatic rings. The van der Waals surface area contributed by atoms with Gasteiger partial charge in [-0.25, -0.2) is 0 Å². The molecular formula is C7H14F3NOS. The molecule has 0 saturated heterocycles. The van der Waals surface area contributed by atoms with Crippen molar-refractivity contribution in [2.24, 2.45) is 0 Å². The van der Waals surface area contributed by atoms with Gasteiger partial charge in [-0.05, 0) is 6.92 Å². The van der Waals surface area contributed by atoms with Gasteiger partial charge in [0.2, 0.25) is 0 Å². The molecule has 0 heterocycles. The molecule has 1 N–H and O–H groups in total. The normalized spacial score (nSPS) is 17.0. The largest absolute Gasteiger partial charge is 0.390 e. The average Bonchev–Trinajstić information content (AvgIpc) is 1.81. The molecule has 0 spiro atoms. The summed E-state index contributed by atoms with van der Waals surface area (Å²) in [6, 6.07) is -0.608. The van der Waals surface area contributed by atoms with Crippen molar-refractivity contribution in [3.8, 4) is 0 Å². The summed E-state index contributed by atoms with van der Waals surface area (Å²) < 4.78 is 45.9. The zero-order chi connectivity index (χ0) is 10.5. The number of alkyl halides is 3. The summed E-state index contributed by atoms with van der Waals surface area (Å²) >= 11 is 0. The first-order valence-electron chi connectivity index (χ1n) is 3.91. The maximum Gasteiger partial charge on any atom is 0.390 e. The lowest BCUT2D eigenvalue weighted by molar-refractivity contribution is -0.138. The molecule has 0 aliphatic carbocycles. The molecule has 0 aliphatic heterocycles. The summed E-state index contributed by atoms with van der Waals surface area (Å²) in [6.45, 7) is 1.83. The second-order valence-electron chi connectivity index (χ2n) is 2.95. The zero-order valence-electron chi connectivity index (χ0n) is 7.65. The van der Waals surface area contributed by atoms with Crippen LogP contribution in [-0.4, -0.2) is 35.0 Å². The highest BCUT2D eigenvalue weighted by Crippen LogP contribution is 2.20. The van der Waals surface area contributed by atoms with E-state index < -0.39 is 29.4 Å². The smallest absolute Gasteiger partial charge is 0.313 e. The van der Waals surface area contributed by atoms with Gasteiger partial charge in [-0.2, -0.15) is 13.2 Å². The molecule has 0 fully saturated rings. The monoisotopic (exact) mass is 217 g/mol. The van der Waals surface area contributed by atoms with Crippen molar-refractivity contribution in [1.29, 1.82) is 0 Å². The Balaban J connectivity index is 3.52. The van der Waals surface area contributed by atoms with Crippen LogP contribution in [0.15, 0.2) is 0 Å². The van der Waals surface area contributed by atoms with Gasteiger partial charge in [-0.3, -0.25) is 4.21 Å². The molecule has 6 heteroatoms. The Morgan fingerprint density at radius 2 is 2.00 bits per heavy atom. The van der Waals surface area contributed by atoms with Crippen molar-refractivity contribution in [3.05, 3.63) is 0 Å². The molecule has 0 rings (SSSR count). The van der Waals surface area contributed by atoms with E-state index in [0.29, 0.717) is 12.3 Å². The summed E-state index contributed by atoms with van der Waals surface area (Å²) in [4.78, 5) is 0. The van der Waals surface area contributed by atoms with Crippen molar-refractivity contribution in [2.75, 3.05) is 18.6 Å². The van der Waals surface area contributed by atoms with Crippen molar-refractivity contribution in [3.63, 3.8) is 0 Å². The van der Waals surface area contributed by atoms with Crippen LogP contribution in [0.3, 0.4) is 0 Å². The lowest BCUT2D eigenvalue weighted by Crippen LogP contribution is -2.33. The summed E-state index contributed by atoms with van der Waals surface area (Å²) in [7, 11) is -0.949. The number of rotatable bonds is 5. The third kappa shape index (κ3) is 9.82. The van der Waals surface area contributed by atoms with Crippen LogP contribution >= 0.6 is 0 Å². The van der Waals surface area contributed by atoms with Gasteiger partial charge in [0.05, 0.1) is 6.42 Å². The molecular weight excluding hydrogens is 203 g/mol. The fourth-order valence-electron chi connectivity index (χ4n) is 0.868. The van der Waals surface area contributed by atoms with Crippen molar-refractivity contribution in [2.45, 2.75) is 25.6 Å². The highest BCUT2D eigenvalue weighted by molar-refractivity contribution is 7.84. The van der Waals surface area contributed by atoms with Gasteiger partial charge in [0, 0.05) is 35.4 Å². The predicted molar refractivity (Wildman–Crippen MR) is 47.1 cm³/mol. The Bertz CT molecular complexity index is 172. The van der Waals surface area contributed by atoms with Gasteiger partial charge in [0.25, 0.3) is 0 Å². The SMILES string of the molecule is CC(CC(F)(F)F)NCCS(C)=O. The van der Waals surface area contributed by atoms with Crippen molar-refractivity contribution >= 4 is 10.8 Å². The molecule has 80 valence electrons. The molecule has 13 heavy (non-hydrogen) atoms. The van der Waals surface area contributed by atoms with Crippen molar-refractivity contribution in [1.82, 2.24) is 5.32 Å². The zero-order valence-corrected chi connectivity index (χ0v) is 8.47. The third-order valence-corrected chi connectivity index (χ3v) is 2.20. The van der Waals surface area contributed by atoms with E-state index in [2.05, 4.69) is 5.32 Å². The number of halogens is 3. The molecule has 2 atom stereocenters. The van der Waals surface area contributed by atoms with Gasteiger partial charge < -0.3 is 5.32 Å². The van der Waals surface area contributed by atoms with Gasteiger partial charge in [0.15, 0.2) is 0 Å². The quantitative estimate of drug-likeness (QED) is 0.752. The van der Waals surface area contributed by atoms with Crippen LogP contribution in [0, 0.1) is 0 Å². The first-order valence-corrected chi connectivity index (χ1v) is 5.64. The molecule has 0 radical (unpaired) electrons. The van der Waals surface area contributed by atoms with Crippen LogP contribution < -0.4 is 5.32 Å². The minimum atomic E-state index is -4.13. The molecule has 0 aromatic heterocycles. The minimum absolute atomic E-state index is 0.361. The molecule has 2 unspecified atom stereocenters. The molecule has 0 aromatic carbocycles. The number of nitrogens with one attached hydrogen (secondary N) is 1. The van der Waals surface area contributed by atoms with Crippen LogP contribution in [0.2, 0.25) is 0 Å². The van der Waals surface area contributed by atoms with Gasteiger partial charge in [-0.1, -0.05) is 0 Å². The minimum Gasteiger partial charge on any atom is -0.313 e. The van der Waals surface area contributed by atoms with Gasteiger partial charge in [0.1, 0.15) is 0 Å². The second-order valence-corrected chi connectivity index (χ2v) is 4.51. The van der Waals surface area contributed by atoms with Gasteiger partial charge >= 0.3 is 6.18 Å². The van der Waals surface area contributed by atoms with Crippen LogP contribution in [0.25, 0.3) is 0 Å². The van der Waals surface area contributed by atoms with E-state index in [1.165, 1.54) is 13.2 Å². The van der Waals surface area contributed by atoms with E-state index in [-0.39, 0.29) is 0 Å². The third-order valence-electron chi connectivity index (χ3n) is 1.42.